The van der Waals surface area contributed by atoms with Crippen molar-refractivity contribution in [2.75, 3.05) is 5.32 Å². The second-order valence-electron chi connectivity index (χ2n) is 9.76. The Labute approximate surface area is 201 Å². The third-order valence-corrected chi connectivity index (χ3v) is 6.24. The number of anilines is 1. The Kier molecular flexibility index (Phi) is 5.54. The molecule has 0 radical (unpaired) electrons. The van der Waals surface area contributed by atoms with Crippen molar-refractivity contribution in [3.63, 3.8) is 0 Å². The largest absolute Gasteiger partial charge is 0.371 e. The maximum Gasteiger partial charge on any atom is 0.255 e. The Bertz CT molecular complexity index is 1300. The summed E-state index contributed by atoms with van der Waals surface area (Å²) in [6.45, 7) is 6.38. The minimum atomic E-state index is -0.649. The lowest BCUT2D eigenvalue weighted by Gasteiger charge is -2.29. The molecule has 3 aromatic rings. The van der Waals surface area contributed by atoms with Crippen molar-refractivity contribution >= 4 is 23.4 Å². The van der Waals surface area contributed by atoms with Crippen LogP contribution in [0, 0.1) is 0 Å². The van der Waals surface area contributed by atoms with Gasteiger partial charge in [-0.3, -0.25) is 24.7 Å². The summed E-state index contributed by atoms with van der Waals surface area (Å²) in [7, 11) is 0. The standard InChI is InChI=1S/C24H26N8O3/c1-24(2,3)32-21(28-29-30-32)20(14-5-4-10-25-12-14)26-16-6-7-17-15(11-16)13-31(23(17)35)18-8-9-19(33)27-22(18)34/h4-7,10-12,18,20,26H,8-9,13H2,1-3H3,(H,27,33,34). The lowest BCUT2D eigenvalue weighted by atomic mass is 10.0. The van der Waals surface area contributed by atoms with Crippen molar-refractivity contribution in [3.05, 3.63) is 65.2 Å². The van der Waals surface area contributed by atoms with E-state index in [1.807, 2.05) is 45.0 Å². The lowest BCUT2D eigenvalue weighted by molar-refractivity contribution is -0.136. The molecule has 3 amide bonds. The molecule has 0 bridgehead atoms. The zero-order valence-corrected chi connectivity index (χ0v) is 19.7. The number of fused-ring (bicyclic) bond motifs is 1. The molecular formula is C24H26N8O3. The van der Waals surface area contributed by atoms with Crippen molar-refractivity contribution in [2.45, 2.75) is 57.8 Å². The van der Waals surface area contributed by atoms with E-state index in [0.717, 1.165) is 16.8 Å². The first-order chi connectivity index (χ1) is 16.7. The van der Waals surface area contributed by atoms with Gasteiger partial charge in [0.25, 0.3) is 5.91 Å². The molecule has 11 heteroatoms. The Balaban J connectivity index is 1.44. The van der Waals surface area contributed by atoms with Crippen molar-refractivity contribution in [1.82, 2.24) is 35.4 Å². The Hall–Kier alpha value is -4.15. The van der Waals surface area contributed by atoms with Crippen LogP contribution in [0.3, 0.4) is 0 Å². The number of amides is 3. The van der Waals surface area contributed by atoms with Crippen LogP contribution in [0.25, 0.3) is 0 Å². The van der Waals surface area contributed by atoms with E-state index in [1.165, 1.54) is 4.90 Å². The molecule has 4 heterocycles. The maximum atomic E-state index is 13.0. The molecule has 2 N–H and O–H groups in total. The number of aromatic nitrogens is 5. The van der Waals surface area contributed by atoms with Gasteiger partial charge in [-0.05, 0) is 67.4 Å². The molecule has 1 saturated heterocycles. The number of hydrogen-bond acceptors (Lipinski definition) is 8. The Morgan fingerprint density at radius 3 is 2.71 bits per heavy atom. The second kappa shape index (κ2) is 8.57. The van der Waals surface area contributed by atoms with Gasteiger partial charge in [0.05, 0.1) is 5.54 Å². The van der Waals surface area contributed by atoms with Crippen LogP contribution in [-0.2, 0) is 21.7 Å². The van der Waals surface area contributed by atoms with Crippen molar-refractivity contribution in [3.8, 4) is 0 Å². The zero-order valence-electron chi connectivity index (χ0n) is 19.7. The topological polar surface area (TPSA) is 135 Å². The zero-order chi connectivity index (χ0) is 24.7. The summed E-state index contributed by atoms with van der Waals surface area (Å²) < 4.78 is 1.78. The fourth-order valence-electron chi connectivity index (χ4n) is 4.53. The molecule has 11 nitrogen and oxygen atoms in total. The summed E-state index contributed by atoms with van der Waals surface area (Å²) in [5.41, 5.74) is 2.68. The number of piperidine rings is 1. The predicted octanol–water partition coefficient (Wildman–Crippen LogP) is 1.79. The van der Waals surface area contributed by atoms with E-state index in [4.69, 9.17) is 0 Å². The number of carbonyl (C=O) groups is 3. The third kappa shape index (κ3) is 4.25. The number of tetrazole rings is 1. The fraction of sp³-hybridized carbons (Fsp3) is 0.375. The van der Waals surface area contributed by atoms with Gasteiger partial charge in [0, 0.05) is 42.2 Å². The summed E-state index contributed by atoms with van der Waals surface area (Å²) in [4.78, 5) is 42.7. The van der Waals surface area contributed by atoms with Crippen LogP contribution in [-0.4, -0.2) is 53.9 Å². The first-order valence-corrected chi connectivity index (χ1v) is 11.4. The SMILES string of the molecule is CC(C)(C)n1nnnc1C(Nc1ccc2c(c1)CN(C1CCC(=O)NC1=O)C2=O)c1cccnc1. The summed E-state index contributed by atoms with van der Waals surface area (Å²) in [6, 6.07) is 8.27. The third-order valence-electron chi connectivity index (χ3n) is 6.24. The molecule has 0 saturated carbocycles. The molecule has 1 aromatic carbocycles. The summed E-state index contributed by atoms with van der Waals surface area (Å²) in [6.07, 6.45) is 4.02. The first kappa shape index (κ1) is 22.6. The monoisotopic (exact) mass is 474 g/mol. The molecule has 2 aromatic heterocycles. The van der Waals surface area contributed by atoms with E-state index in [1.54, 1.807) is 23.1 Å². The van der Waals surface area contributed by atoms with E-state index >= 15 is 0 Å². The molecule has 2 aliphatic heterocycles. The van der Waals surface area contributed by atoms with Gasteiger partial charge in [0.15, 0.2) is 5.82 Å². The highest BCUT2D eigenvalue weighted by Gasteiger charge is 2.39. The highest BCUT2D eigenvalue weighted by molar-refractivity contribution is 6.05. The molecule has 2 aliphatic rings. The highest BCUT2D eigenvalue weighted by Crippen LogP contribution is 2.32. The molecule has 2 unspecified atom stereocenters. The van der Waals surface area contributed by atoms with Gasteiger partial charge in [-0.2, -0.15) is 0 Å². The summed E-state index contributed by atoms with van der Waals surface area (Å²) >= 11 is 0. The van der Waals surface area contributed by atoms with Gasteiger partial charge < -0.3 is 10.2 Å². The number of pyridine rings is 1. The van der Waals surface area contributed by atoms with E-state index in [-0.39, 0.29) is 29.8 Å². The number of rotatable bonds is 5. The Morgan fingerprint density at radius 1 is 1.17 bits per heavy atom. The van der Waals surface area contributed by atoms with E-state index in [9.17, 15) is 14.4 Å². The lowest BCUT2D eigenvalue weighted by Crippen LogP contribution is -2.52. The van der Waals surface area contributed by atoms with Gasteiger partial charge in [0.2, 0.25) is 11.8 Å². The number of hydrogen-bond donors (Lipinski definition) is 2. The predicted molar refractivity (Wildman–Crippen MR) is 125 cm³/mol. The molecule has 35 heavy (non-hydrogen) atoms. The quantitative estimate of drug-likeness (QED) is 0.535. The maximum absolute atomic E-state index is 13.0. The number of nitrogens with zero attached hydrogens (tertiary/aromatic N) is 6. The Morgan fingerprint density at radius 2 is 2.00 bits per heavy atom. The minimum absolute atomic E-state index is 0.207. The number of carbonyl (C=O) groups excluding carboxylic acids is 3. The highest BCUT2D eigenvalue weighted by atomic mass is 16.2. The second-order valence-corrected chi connectivity index (χ2v) is 9.76. The van der Waals surface area contributed by atoms with Gasteiger partial charge >= 0.3 is 0 Å². The van der Waals surface area contributed by atoms with Crippen molar-refractivity contribution in [2.24, 2.45) is 0 Å². The summed E-state index contributed by atoms with van der Waals surface area (Å²) in [5.74, 6) is -0.305. The van der Waals surface area contributed by atoms with Gasteiger partial charge in [-0.25, -0.2) is 4.68 Å². The summed E-state index contributed by atoms with van der Waals surface area (Å²) in [5, 5.41) is 18.3. The number of nitrogens with one attached hydrogen (secondary N) is 2. The molecule has 0 aliphatic carbocycles. The van der Waals surface area contributed by atoms with Crippen molar-refractivity contribution in [1.29, 1.82) is 0 Å². The van der Waals surface area contributed by atoms with Crippen LogP contribution in [0.5, 0.6) is 0 Å². The van der Waals surface area contributed by atoms with Gasteiger partial charge in [-0.15, -0.1) is 5.10 Å². The molecule has 2 atom stereocenters. The van der Waals surface area contributed by atoms with E-state index in [2.05, 4.69) is 31.1 Å². The van der Waals surface area contributed by atoms with Crippen LogP contribution in [0.2, 0.25) is 0 Å². The van der Waals surface area contributed by atoms with Crippen LogP contribution >= 0.6 is 0 Å². The first-order valence-electron chi connectivity index (χ1n) is 11.4. The average Bonchev–Trinajstić information content (AvgIpc) is 3.43. The molecule has 180 valence electrons. The van der Waals surface area contributed by atoms with E-state index in [0.29, 0.717) is 24.4 Å². The smallest absolute Gasteiger partial charge is 0.255 e. The number of imide groups is 1. The molecule has 0 spiro atoms. The van der Waals surface area contributed by atoms with Gasteiger partial charge in [0.1, 0.15) is 12.1 Å². The molecular weight excluding hydrogens is 448 g/mol. The van der Waals surface area contributed by atoms with Crippen LogP contribution in [0.4, 0.5) is 5.69 Å². The molecule has 5 rings (SSSR count). The fourth-order valence-corrected chi connectivity index (χ4v) is 4.53. The van der Waals surface area contributed by atoms with Crippen molar-refractivity contribution < 1.29 is 14.4 Å². The normalized spacial score (nSPS) is 18.9. The minimum Gasteiger partial charge on any atom is -0.371 e. The van der Waals surface area contributed by atoms with Crippen LogP contribution in [0.1, 0.15) is 67.0 Å². The van der Waals surface area contributed by atoms with E-state index < -0.39 is 11.9 Å². The van der Waals surface area contributed by atoms with Crippen LogP contribution < -0.4 is 10.6 Å². The van der Waals surface area contributed by atoms with Crippen LogP contribution in [0.15, 0.2) is 42.7 Å². The number of benzene rings is 1. The van der Waals surface area contributed by atoms with Gasteiger partial charge in [-0.1, -0.05) is 6.07 Å². The molecule has 1 fully saturated rings. The average molecular weight is 475 g/mol.